The van der Waals surface area contributed by atoms with Crippen LogP contribution < -0.4 is 5.32 Å². The van der Waals surface area contributed by atoms with Crippen LogP contribution in [0.15, 0.2) is 48.0 Å². The van der Waals surface area contributed by atoms with Crippen LogP contribution >= 0.6 is 11.8 Å². The molecule has 20 heavy (non-hydrogen) atoms. The molecule has 0 amide bonds. The molecular formula is C14H13N3O2S. The smallest absolute Gasteiger partial charge is 0.327 e. The topological polar surface area (TPSA) is 67.1 Å². The second-order valence-corrected chi connectivity index (χ2v) is 5.48. The molecule has 2 heterocycles. The number of rotatable bonds is 3. The van der Waals surface area contributed by atoms with E-state index in [2.05, 4.69) is 10.3 Å². The zero-order valence-corrected chi connectivity index (χ0v) is 11.4. The van der Waals surface area contributed by atoms with Gasteiger partial charge in [0.15, 0.2) is 0 Å². The van der Waals surface area contributed by atoms with Gasteiger partial charge in [0.05, 0.1) is 11.4 Å². The van der Waals surface area contributed by atoms with Gasteiger partial charge in [0.25, 0.3) is 0 Å². The fourth-order valence-corrected chi connectivity index (χ4v) is 2.97. The molecule has 1 aromatic heterocycles. The van der Waals surface area contributed by atoms with Gasteiger partial charge in [-0.15, -0.1) is 11.8 Å². The van der Waals surface area contributed by atoms with E-state index in [1.807, 2.05) is 41.1 Å². The first kappa shape index (κ1) is 12.8. The minimum Gasteiger partial charge on any atom is -0.480 e. The summed E-state index contributed by atoms with van der Waals surface area (Å²) < 4.78 is 1.93. The predicted molar refractivity (Wildman–Crippen MR) is 78.6 cm³/mol. The summed E-state index contributed by atoms with van der Waals surface area (Å²) in [5.41, 5.74) is 2.08. The summed E-state index contributed by atoms with van der Waals surface area (Å²) >= 11 is 1.53. The number of nitrogens with zero attached hydrogens (tertiary/aromatic N) is 2. The molecule has 1 unspecified atom stereocenters. The van der Waals surface area contributed by atoms with Crippen molar-refractivity contribution < 1.29 is 9.90 Å². The van der Waals surface area contributed by atoms with Crippen molar-refractivity contribution in [1.82, 2.24) is 14.9 Å². The van der Waals surface area contributed by atoms with Crippen LogP contribution in [-0.4, -0.2) is 32.4 Å². The van der Waals surface area contributed by atoms with E-state index in [0.29, 0.717) is 5.75 Å². The first-order chi connectivity index (χ1) is 9.72. The number of aliphatic carboxylic acids is 1. The van der Waals surface area contributed by atoms with E-state index in [9.17, 15) is 4.79 Å². The maximum absolute atomic E-state index is 10.9. The Balaban J connectivity index is 1.74. The molecule has 6 heteroatoms. The maximum Gasteiger partial charge on any atom is 0.327 e. The third-order valence-corrected chi connectivity index (χ3v) is 4.06. The van der Waals surface area contributed by atoms with Crippen LogP contribution in [-0.2, 0) is 4.79 Å². The Bertz CT molecular complexity index is 635. The van der Waals surface area contributed by atoms with E-state index < -0.39 is 12.0 Å². The van der Waals surface area contributed by atoms with Crippen molar-refractivity contribution >= 4 is 23.8 Å². The monoisotopic (exact) mass is 287 g/mol. The summed E-state index contributed by atoms with van der Waals surface area (Å²) in [4.78, 5) is 14.9. The molecule has 3 rings (SSSR count). The molecule has 0 bridgehead atoms. The number of hydrogen-bond acceptors (Lipinski definition) is 4. The molecule has 0 saturated carbocycles. The SMILES string of the molecule is O=C(O)C1CSC(=Cc2ccc(-n3ccnc3)cc2)N1. The van der Waals surface area contributed by atoms with Gasteiger partial charge in [-0.1, -0.05) is 12.1 Å². The summed E-state index contributed by atoms with van der Waals surface area (Å²) in [6, 6.07) is 7.51. The number of hydrogen-bond donors (Lipinski definition) is 2. The number of carboxylic acid groups (broad SMARTS) is 1. The minimum absolute atomic E-state index is 0.489. The second kappa shape index (κ2) is 5.42. The Morgan fingerprint density at radius 3 is 2.85 bits per heavy atom. The number of thioether (sulfide) groups is 1. The molecule has 5 nitrogen and oxygen atoms in total. The van der Waals surface area contributed by atoms with E-state index in [1.54, 1.807) is 12.5 Å². The molecular weight excluding hydrogens is 274 g/mol. The Morgan fingerprint density at radius 1 is 1.45 bits per heavy atom. The summed E-state index contributed by atoms with van der Waals surface area (Å²) in [5.74, 6) is -0.245. The number of benzene rings is 1. The van der Waals surface area contributed by atoms with E-state index in [-0.39, 0.29) is 0 Å². The average molecular weight is 287 g/mol. The molecule has 1 atom stereocenters. The van der Waals surface area contributed by atoms with E-state index in [4.69, 9.17) is 5.11 Å². The van der Waals surface area contributed by atoms with Crippen LogP contribution in [0, 0.1) is 0 Å². The number of aromatic nitrogens is 2. The molecule has 1 aliphatic heterocycles. The summed E-state index contributed by atoms with van der Waals surface area (Å²) in [5, 5.41) is 12.8. The van der Waals surface area contributed by atoms with Crippen molar-refractivity contribution in [3.8, 4) is 5.69 Å². The molecule has 102 valence electrons. The van der Waals surface area contributed by atoms with Crippen molar-refractivity contribution in [2.24, 2.45) is 0 Å². The first-order valence-corrected chi connectivity index (χ1v) is 7.13. The van der Waals surface area contributed by atoms with Crippen LogP contribution in [0.5, 0.6) is 0 Å². The molecule has 0 aliphatic carbocycles. The van der Waals surface area contributed by atoms with Crippen LogP contribution in [0.2, 0.25) is 0 Å². The standard InChI is InChI=1S/C14H13N3O2S/c18-14(19)12-8-20-13(16-12)7-10-1-3-11(4-2-10)17-6-5-15-9-17/h1-7,9,12,16H,8H2,(H,18,19). The zero-order valence-electron chi connectivity index (χ0n) is 10.6. The number of nitrogens with one attached hydrogen (secondary N) is 1. The van der Waals surface area contributed by atoms with Crippen LogP contribution in [0.25, 0.3) is 11.8 Å². The van der Waals surface area contributed by atoms with Crippen molar-refractivity contribution in [1.29, 1.82) is 0 Å². The minimum atomic E-state index is -0.809. The Labute approximate surface area is 120 Å². The molecule has 1 aliphatic rings. The highest BCUT2D eigenvalue weighted by molar-refractivity contribution is 8.03. The lowest BCUT2D eigenvalue weighted by molar-refractivity contribution is -0.138. The van der Waals surface area contributed by atoms with Gasteiger partial charge in [0.2, 0.25) is 0 Å². The lowest BCUT2D eigenvalue weighted by atomic mass is 10.2. The fraction of sp³-hybridized carbons (Fsp3) is 0.143. The van der Waals surface area contributed by atoms with Crippen molar-refractivity contribution in [2.75, 3.05) is 5.75 Å². The van der Waals surface area contributed by atoms with E-state index in [1.165, 1.54) is 11.8 Å². The Morgan fingerprint density at radius 2 is 2.25 bits per heavy atom. The lowest BCUT2D eigenvalue weighted by Crippen LogP contribution is -2.31. The zero-order chi connectivity index (χ0) is 13.9. The Kier molecular flexibility index (Phi) is 3.47. The highest BCUT2D eigenvalue weighted by Gasteiger charge is 2.24. The molecule has 0 spiro atoms. The summed E-state index contributed by atoms with van der Waals surface area (Å²) in [6.07, 6.45) is 7.34. The third-order valence-electron chi connectivity index (χ3n) is 3.01. The fourth-order valence-electron chi connectivity index (χ4n) is 1.95. The molecule has 1 aromatic carbocycles. The van der Waals surface area contributed by atoms with Crippen molar-refractivity contribution in [3.63, 3.8) is 0 Å². The van der Waals surface area contributed by atoms with Crippen molar-refractivity contribution in [3.05, 3.63) is 53.6 Å². The normalized spacial score (nSPS) is 20.0. The third kappa shape index (κ3) is 2.70. The summed E-state index contributed by atoms with van der Waals surface area (Å²) in [7, 11) is 0. The van der Waals surface area contributed by atoms with Crippen molar-refractivity contribution in [2.45, 2.75) is 6.04 Å². The van der Waals surface area contributed by atoms with Crippen LogP contribution in [0.4, 0.5) is 0 Å². The maximum atomic E-state index is 10.9. The Hall–Kier alpha value is -2.21. The molecule has 0 radical (unpaired) electrons. The van der Waals surface area contributed by atoms with E-state index in [0.717, 1.165) is 16.3 Å². The van der Waals surface area contributed by atoms with Gasteiger partial charge in [0.1, 0.15) is 6.04 Å². The van der Waals surface area contributed by atoms with Gasteiger partial charge in [-0.2, -0.15) is 0 Å². The van der Waals surface area contributed by atoms with Crippen LogP contribution in [0.3, 0.4) is 0 Å². The molecule has 1 saturated heterocycles. The second-order valence-electron chi connectivity index (χ2n) is 4.42. The number of carbonyl (C=O) groups is 1. The largest absolute Gasteiger partial charge is 0.480 e. The predicted octanol–water partition coefficient (Wildman–Crippen LogP) is 1.96. The average Bonchev–Trinajstić information content (AvgIpc) is 3.10. The first-order valence-electron chi connectivity index (χ1n) is 6.14. The molecule has 2 N–H and O–H groups in total. The van der Waals surface area contributed by atoms with Gasteiger partial charge in [-0.25, -0.2) is 9.78 Å². The summed E-state index contributed by atoms with van der Waals surface area (Å²) in [6.45, 7) is 0. The van der Waals surface area contributed by atoms with Gasteiger partial charge in [-0.3, -0.25) is 0 Å². The highest BCUT2D eigenvalue weighted by Crippen LogP contribution is 2.25. The van der Waals surface area contributed by atoms with Gasteiger partial charge in [0, 0.05) is 23.8 Å². The van der Waals surface area contributed by atoms with Gasteiger partial charge >= 0.3 is 5.97 Å². The molecule has 2 aromatic rings. The highest BCUT2D eigenvalue weighted by atomic mass is 32.2. The van der Waals surface area contributed by atoms with Gasteiger partial charge < -0.3 is 15.0 Å². The van der Waals surface area contributed by atoms with E-state index >= 15 is 0 Å². The molecule has 1 fully saturated rings. The van der Waals surface area contributed by atoms with Gasteiger partial charge in [-0.05, 0) is 23.8 Å². The quantitative estimate of drug-likeness (QED) is 0.903. The van der Waals surface area contributed by atoms with Crippen LogP contribution in [0.1, 0.15) is 5.56 Å². The number of imidazole rings is 1. The lowest BCUT2D eigenvalue weighted by Gasteiger charge is -2.04. The number of carboxylic acids is 1.